The fourth-order valence-corrected chi connectivity index (χ4v) is 5.31. The van der Waals surface area contributed by atoms with Gasteiger partial charge >= 0.3 is 11.9 Å². The molecule has 2 atom stereocenters. The molecule has 11 heteroatoms. The number of carbonyl (C=O) groups excluding carboxylic acids is 2. The molecule has 0 saturated carbocycles. The van der Waals surface area contributed by atoms with Gasteiger partial charge < -0.3 is 38.6 Å². The smallest absolute Gasteiger partial charge is 0.336 e. The maximum absolute atomic E-state index is 13.6. The topological polar surface area (TPSA) is 108 Å². The van der Waals surface area contributed by atoms with E-state index in [1.54, 1.807) is 7.11 Å². The Hall–Kier alpha value is -3.12. The number of likely N-dealkylation sites (N-methyl/N-ethyl adjacent to an activating group) is 1. The first kappa shape index (κ1) is 35.4. The Kier molecular flexibility index (Phi) is 15.0. The molecule has 2 unspecified atom stereocenters. The van der Waals surface area contributed by atoms with Crippen LogP contribution in [0.25, 0.3) is 0 Å². The molecule has 0 radical (unpaired) electrons. The molecule has 2 aliphatic rings. The first-order valence-corrected chi connectivity index (χ1v) is 15.6. The van der Waals surface area contributed by atoms with Gasteiger partial charge in [-0.1, -0.05) is 20.3 Å². The van der Waals surface area contributed by atoms with Gasteiger partial charge in [-0.05, 0) is 51.6 Å². The van der Waals surface area contributed by atoms with Crippen LogP contribution in [-0.4, -0.2) is 114 Å². The lowest BCUT2D eigenvalue weighted by Crippen LogP contribution is -2.46. The summed E-state index contributed by atoms with van der Waals surface area (Å²) in [6.45, 7) is 13.9. The summed E-state index contributed by atoms with van der Waals surface area (Å²) in [5.41, 5.74) is 2.14. The summed E-state index contributed by atoms with van der Waals surface area (Å²) >= 11 is 0. The molecule has 0 aromatic heterocycles. The number of dihydropyridines is 1. The van der Waals surface area contributed by atoms with E-state index in [0.717, 1.165) is 31.7 Å². The number of carbonyl (C=O) groups is 2. The minimum atomic E-state index is -0.507. The number of esters is 2. The molecule has 2 heterocycles. The van der Waals surface area contributed by atoms with Crippen LogP contribution in [0, 0.1) is 5.92 Å². The Labute approximate surface area is 262 Å². The first-order valence-electron chi connectivity index (χ1n) is 15.6. The van der Waals surface area contributed by atoms with Crippen molar-refractivity contribution in [3.63, 3.8) is 0 Å². The Bertz CT molecular complexity index is 1110. The van der Waals surface area contributed by atoms with Crippen LogP contribution in [0.15, 0.2) is 46.8 Å². The quantitative estimate of drug-likeness (QED) is 0.194. The van der Waals surface area contributed by atoms with Crippen molar-refractivity contribution in [1.29, 1.82) is 0 Å². The van der Waals surface area contributed by atoms with E-state index in [1.807, 2.05) is 52.1 Å². The van der Waals surface area contributed by atoms with Crippen molar-refractivity contribution in [1.82, 2.24) is 15.1 Å². The van der Waals surface area contributed by atoms with Crippen molar-refractivity contribution in [2.45, 2.75) is 46.6 Å². The summed E-state index contributed by atoms with van der Waals surface area (Å²) in [5, 5.41) is 3.20. The van der Waals surface area contributed by atoms with E-state index in [0.29, 0.717) is 74.4 Å². The van der Waals surface area contributed by atoms with Gasteiger partial charge in [0.15, 0.2) is 0 Å². The van der Waals surface area contributed by atoms with Gasteiger partial charge in [0.25, 0.3) is 0 Å². The predicted molar refractivity (Wildman–Crippen MR) is 168 cm³/mol. The number of ether oxygens (including phenoxy) is 6. The molecule has 0 spiro atoms. The molecule has 0 aliphatic carbocycles. The Morgan fingerprint density at radius 3 is 2.20 bits per heavy atom. The number of nitrogens with one attached hydrogen (secondary N) is 1. The standard InChI is InChI=1S/C33H51N3O8/c1-7-8-16-41-27-9-11-28(12-10-27)42-20-21-43-32(37)30-24(2)31(26(4)34-25(30)3)33(38)44-29(22-35(5)13-17-39-6)23-36-14-18-40-19-15-36/h9-12,24,29,34H,7-8,13-23H2,1-6H3. The molecular weight excluding hydrogens is 566 g/mol. The van der Waals surface area contributed by atoms with Crippen molar-refractivity contribution in [2.24, 2.45) is 5.92 Å². The van der Waals surface area contributed by atoms with E-state index in [-0.39, 0.29) is 19.3 Å². The van der Waals surface area contributed by atoms with E-state index in [4.69, 9.17) is 28.4 Å². The highest BCUT2D eigenvalue weighted by Gasteiger charge is 2.35. The van der Waals surface area contributed by atoms with Crippen LogP contribution in [0.2, 0.25) is 0 Å². The van der Waals surface area contributed by atoms with Gasteiger partial charge in [0.1, 0.15) is 30.8 Å². The van der Waals surface area contributed by atoms with Crippen LogP contribution in [0.4, 0.5) is 0 Å². The highest BCUT2D eigenvalue weighted by molar-refractivity contribution is 5.97. The summed E-state index contributed by atoms with van der Waals surface area (Å²) in [6.07, 6.45) is 1.72. The maximum atomic E-state index is 13.6. The Morgan fingerprint density at radius 1 is 0.977 bits per heavy atom. The number of hydrogen-bond acceptors (Lipinski definition) is 11. The summed E-state index contributed by atoms with van der Waals surface area (Å²) in [4.78, 5) is 31.2. The monoisotopic (exact) mass is 617 g/mol. The maximum Gasteiger partial charge on any atom is 0.336 e. The highest BCUT2D eigenvalue weighted by atomic mass is 16.6. The minimum absolute atomic E-state index is 0.0645. The second-order valence-corrected chi connectivity index (χ2v) is 11.3. The Balaban J connectivity index is 1.56. The lowest BCUT2D eigenvalue weighted by atomic mass is 9.87. The van der Waals surface area contributed by atoms with E-state index < -0.39 is 17.9 Å². The van der Waals surface area contributed by atoms with E-state index in [2.05, 4.69) is 22.0 Å². The summed E-state index contributed by atoms with van der Waals surface area (Å²) in [6, 6.07) is 7.38. The second kappa shape index (κ2) is 18.6. The Morgan fingerprint density at radius 2 is 1.59 bits per heavy atom. The van der Waals surface area contributed by atoms with Gasteiger partial charge in [-0.2, -0.15) is 0 Å². The highest BCUT2D eigenvalue weighted by Crippen LogP contribution is 2.31. The number of nitrogens with zero attached hydrogens (tertiary/aromatic N) is 2. The van der Waals surface area contributed by atoms with E-state index in [1.165, 1.54) is 0 Å². The zero-order valence-electron chi connectivity index (χ0n) is 27.3. The van der Waals surface area contributed by atoms with Crippen molar-refractivity contribution in [2.75, 3.05) is 86.5 Å². The molecule has 11 nitrogen and oxygen atoms in total. The third-order valence-electron chi connectivity index (χ3n) is 7.70. The summed E-state index contributed by atoms with van der Waals surface area (Å²) < 4.78 is 33.8. The molecule has 1 aromatic carbocycles. The molecule has 0 bridgehead atoms. The second-order valence-electron chi connectivity index (χ2n) is 11.3. The third kappa shape index (κ3) is 11.1. The fraction of sp³-hybridized carbons (Fsp3) is 0.636. The molecule has 1 saturated heterocycles. The SMILES string of the molecule is CCCCOc1ccc(OCCOC(=O)C2=C(C)NC(C)=C(C(=O)OC(CN(C)CCOC)CN3CCOCC3)C2C)cc1. The largest absolute Gasteiger partial charge is 0.494 e. The fourth-order valence-electron chi connectivity index (χ4n) is 5.31. The van der Waals surface area contributed by atoms with Crippen LogP contribution in [0.1, 0.15) is 40.5 Å². The molecule has 1 aromatic rings. The summed E-state index contributed by atoms with van der Waals surface area (Å²) in [7, 11) is 3.65. The zero-order chi connectivity index (χ0) is 31.9. The lowest BCUT2D eigenvalue weighted by molar-refractivity contribution is -0.147. The number of morpholine rings is 1. The third-order valence-corrected chi connectivity index (χ3v) is 7.70. The van der Waals surface area contributed by atoms with Crippen molar-refractivity contribution in [3.05, 3.63) is 46.8 Å². The first-order chi connectivity index (χ1) is 21.2. The number of unbranched alkanes of at least 4 members (excludes halogenated alkanes) is 1. The molecule has 0 amide bonds. The average Bonchev–Trinajstić information content (AvgIpc) is 2.99. The number of allylic oxidation sites excluding steroid dienone is 2. The molecule has 1 fully saturated rings. The number of methoxy groups -OCH3 is 1. The number of hydrogen-bond donors (Lipinski definition) is 1. The van der Waals surface area contributed by atoms with Gasteiger partial charge in [-0.15, -0.1) is 0 Å². The number of rotatable bonds is 18. The molecular formula is C33H51N3O8. The van der Waals surface area contributed by atoms with Crippen molar-refractivity contribution < 1.29 is 38.0 Å². The summed E-state index contributed by atoms with van der Waals surface area (Å²) in [5.74, 6) is 0.0151. The van der Waals surface area contributed by atoms with Gasteiger partial charge in [0.05, 0.1) is 37.6 Å². The van der Waals surface area contributed by atoms with Crippen LogP contribution >= 0.6 is 0 Å². The van der Waals surface area contributed by atoms with Gasteiger partial charge in [-0.25, -0.2) is 9.59 Å². The molecule has 1 N–H and O–H groups in total. The average molecular weight is 618 g/mol. The lowest BCUT2D eigenvalue weighted by Gasteiger charge is -2.33. The van der Waals surface area contributed by atoms with Crippen LogP contribution in [0.3, 0.4) is 0 Å². The normalized spacial score (nSPS) is 18.2. The van der Waals surface area contributed by atoms with Crippen molar-refractivity contribution >= 4 is 11.9 Å². The predicted octanol–water partition coefficient (Wildman–Crippen LogP) is 3.40. The van der Waals surface area contributed by atoms with E-state index >= 15 is 0 Å². The van der Waals surface area contributed by atoms with Crippen LogP contribution < -0.4 is 14.8 Å². The van der Waals surface area contributed by atoms with Gasteiger partial charge in [0, 0.05) is 57.1 Å². The van der Waals surface area contributed by atoms with Crippen LogP contribution in [0.5, 0.6) is 11.5 Å². The molecule has 246 valence electrons. The zero-order valence-corrected chi connectivity index (χ0v) is 27.3. The van der Waals surface area contributed by atoms with Gasteiger partial charge in [-0.3, -0.25) is 4.90 Å². The molecule has 44 heavy (non-hydrogen) atoms. The van der Waals surface area contributed by atoms with Crippen molar-refractivity contribution in [3.8, 4) is 11.5 Å². The molecule has 2 aliphatic heterocycles. The number of benzene rings is 1. The van der Waals surface area contributed by atoms with E-state index in [9.17, 15) is 9.59 Å². The molecule has 3 rings (SSSR count). The van der Waals surface area contributed by atoms with Crippen LogP contribution in [-0.2, 0) is 28.5 Å². The minimum Gasteiger partial charge on any atom is -0.494 e. The van der Waals surface area contributed by atoms with Gasteiger partial charge in [0.2, 0.25) is 0 Å².